The summed E-state index contributed by atoms with van der Waals surface area (Å²) in [5.41, 5.74) is -0.279. The van der Waals surface area contributed by atoms with Crippen LogP contribution in [0, 0.1) is 17.2 Å². The Kier molecular flexibility index (Phi) is 4.03. The molecule has 0 aromatic carbocycles. The first-order chi connectivity index (χ1) is 9.63. The third-order valence-corrected chi connectivity index (χ3v) is 5.32. The van der Waals surface area contributed by atoms with Crippen molar-refractivity contribution in [1.82, 2.24) is 15.1 Å². The highest BCUT2D eigenvalue weighted by Gasteiger charge is 2.49. The van der Waals surface area contributed by atoms with E-state index in [1.54, 1.807) is 0 Å². The van der Waals surface area contributed by atoms with Crippen LogP contribution in [0.5, 0.6) is 0 Å². The van der Waals surface area contributed by atoms with E-state index in [1.807, 2.05) is 0 Å². The molecule has 0 amide bonds. The van der Waals surface area contributed by atoms with Crippen molar-refractivity contribution < 1.29 is 0 Å². The Bertz CT molecular complexity index is 374. The number of hydrogen-bond acceptors (Lipinski definition) is 4. The average Bonchev–Trinajstić information content (AvgIpc) is 3.31. The number of piperidine rings is 1. The van der Waals surface area contributed by atoms with Crippen molar-refractivity contribution in [2.75, 3.05) is 33.7 Å². The van der Waals surface area contributed by atoms with Crippen LogP contribution in [0.2, 0.25) is 0 Å². The van der Waals surface area contributed by atoms with Crippen molar-refractivity contribution in [3.63, 3.8) is 0 Å². The Morgan fingerprint density at radius 3 is 2.35 bits per heavy atom. The number of nitrogens with one attached hydrogen (secondary N) is 1. The van der Waals surface area contributed by atoms with Crippen LogP contribution in [0.4, 0.5) is 0 Å². The first kappa shape index (κ1) is 14.3. The zero-order valence-corrected chi connectivity index (χ0v) is 12.9. The minimum absolute atomic E-state index is 0.279. The lowest BCUT2D eigenvalue weighted by molar-refractivity contribution is 0.117. The first-order valence-corrected chi connectivity index (χ1v) is 8.21. The van der Waals surface area contributed by atoms with Crippen LogP contribution >= 0.6 is 0 Å². The normalized spacial score (nSPS) is 28.3. The molecule has 3 rings (SSSR count). The Hall–Kier alpha value is -0.630. The van der Waals surface area contributed by atoms with Crippen LogP contribution in [-0.4, -0.2) is 61.2 Å². The number of likely N-dealkylation sites (N-methyl/N-ethyl adjacent to an activating group) is 1. The number of rotatable bonds is 6. The van der Waals surface area contributed by atoms with E-state index in [0.717, 1.165) is 6.54 Å². The zero-order valence-electron chi connectivity index (χ0n) is 12.9. The smallest absolute Gasteiger partial charge is 0.122 e. The molecule has 1 unspecified atom stereocenters. The molecule has 0 spiro atoms. The predicted octanol–water partition coefficient (Wildman–Crippen LogP) is 1.44. The van der Waals surface area contributed by atoms with Gasteiger partial charge in [0, 0.05) is 18.6 Å². The molecule has 0 radical (unpaired) electrons. The van der Waals surface area contributed by atoms with E-state index in [9.17, 15) is 5.26 Å². The van der Waals surface area contributed by atoms with Crippen molar-refractivity contribution in [2.24, 2.45) is 5.92 Å². The summed E-state index contributed by atoms with van der Waals surface area (Å²) < 4.78 is 0. The van der Waals surface area contributed by atoms with Crippen molar-refractivity contribution in [3.05, 3.63) is 0 Å². The fourth-order valence-corrected chi connectivity index (χ4v) is 3.58. The van der Waals surface area contributed by atoms with Crippen molar-refractivity contribution in [3.8, 4) is 6.07 Å². The average molecular weight is 276 g/mol. The molecule has 1 N–H and O–H groups in total. The quantitative estimate of drug-likeness (QED) is 0.797. The number of nitrogens with zero attached hydrogens (tertiary/aromatic N) is 3. The van der Waals surface area contributed by atoms with Gasteiger partial charge in [0.2, 0.25) is 0 Å². The molecule has 2 aliphatic carbocycles. The molecule has 4 heteroatoms. The lowest BCUT2D eigenvalue weighted by atomic mass is 9.92. The predicted molar refractivity (Wildman–Crippen MR) is 80.4 cm³/mol. The number of hydrogen-bond donors (Lipinski definition) is 1. The van der Waals surface area contributed by atoms with Crippen LogP contribution in [0.25, 0.3) is 0 Å². The molecule has 1 heterocycles. The maximum absolute atomic E-state index is 9.81. The third kappa shape index (κ3) is 3.16. The van der Waals surface area contributed by atoms with Crippen molar-refractivity contribution in [2.45, 2.75) is 56.1 Å². The van der Waals surface area contributed by atoms with Gasteiger partial charge in [0.25, 0.3) is 0 Å². The van der Waals surface area contributed by atoms with Gasteiger partial charge in [-0.1, -0.05) is 0 Å². The van der Waals surface area contributed by atoms with Crippen LogP contribution in [-0.2, 0) is 0 Å². The molecule has 0 bridgehead atoms. The molecule has 1 aliphatic heterocycles. The summed E-state index contributed by atoms with van der Waals surface area (Å²) in [4.78, 5) is 4.87. The summed E-state index contributed by atoms with van der Waals surface area (Å²) in [5.74, 6) is 0.585. The number of nitriles is 1. The lowest BCUT2D eigenvalue weighted by Gasteiger charge is -2.39. The van der Waals surface area contributed by atoms with E-state index in [2.05, 4.69) is 35.3 Å². The molecule has 3 aliphatic rings. The second-order valence-electron chi connectivity index (χ2n) is 7.23. The van der Waals surface area contributed by atoms with Crippen LogP contribution in [0.15, 0.2) is 0 Å². The van der Waals surface area contributed by atoms with Crippen molar-refractivity contribution >= 4 is 0 Å². The summed E-state index contributed by atoms with van der Waals surface area (Å²) in [7, 11) is 4.42. The highest BCUT2D eigenvalue weighted by Crippen LogP contribution is 2.42. The summed E-state index contributed by atoms with van der Waals surface area (Å²) in [6, 6.07) is 3.93. The fourth-order valence-electron chi connectivity index (χ4n) is 3.58. The SMILES string of the molecule is CN1CCC(N(C)CC(C#N)(NC2CC2)C2CC2)CC1. The largest absolute Gasteiger partial charge is 0.306 e. The number of likely N-dealkylation sites (tertiary alicyclic amines) is 1. The Morgan fingerprint density at radius 1 is 1.20 bits per heavy atom. The van der Waals surface area contributed by atoms with E-state index in [1.165, 1.54) is 51.6 Å². The van der Waals surface area contributed by atoms with Gasteiger partial charge in [-0.3, -0.25) is 5.32 Å². The van der Waals surface area contributed by atoms with Crippen LogP contribution < -0.4 is 5.32 Å². The Labute approximate surface area is 123 Å². The van der Waals surface area contributed by atoms with Crippen LogP contribution in [0.1, 0.15) is 38.5 Å². The van der Waals surface area contributed by atoms with E-state index in [-0.39, 0.29) is 5.54 Å². The van der Waals surface area contributed by atoms with Gasteiger partial charge in [0.1, 0.15) is 5.54 Å². The Balaban J connectivity index is 1.61. The van der Waals surface area contributed by atoms with E-state index in [0.29, 0.717) is 18.0 Å². The molecule has 20 heavy (non-hydrogen) atoms. The maximum Gasteiger partial charge on any atom is 0.122 e. The molecule has 4 nitrogen and oxygen atoms in total. The highest BCUT2D eigenvalue weighted by molar-refractivity contribution is 5.18. The van der Waals surface area contributed by atoms with Gasteiger partial charge >= 0.3 is 0 Å². The molecular weight excluding hydrogens is 248 g/mol. The van der Waals surface area contributed by atoms with Gasteiger partial charge in [-0.25, -0.2) is 0 Å². The van der Waals surface area contributed by atoms with Gasteiger partial charge in [0.05, 0.1) is 6.07 Å². The fraction of sp³-hybridized carbons (Fsp3) is 0.938. The topological polar surface area (TPSA) is 42.3 Å². The van der Waals surface area contributed by atoms with E-state index < -0.39 is 0 Å². The third-order valence-electron chi connectivity index (χ3n) is 5.32. The second-order valence-corrected chi connectivity index (χ2v) is 7.23. The minimum atomic E-state index is -0.279. The molecule has 0 aromatic heterocycles. The van der Waals surface area contributed by atoms with Crippen molar-refractivity contribution in [1.29, 1.82) is 5.26 Å². The molecule has 1 saturated heterocycles. The standard InChI is InChI=1S/C16H28N4/c1-19-9-7-15(8-10-19)20(2)12-16(11-17,13-3-4-13)18-14-5-6-14/h13-15,18H,3-10,12H2,1-2H3. The van der Waals surface area contributed by atoms with Crippen LogP contribution in [0.3, 0.4) is 0 Å². The van der Waals surface area contributed by atoms with Gasteiger partial charge < -0.3 is 9.80 Å². The molecule has 0 aromatic rings. The maximum atomic E-state index is 9.81. The summed E-state index contributed by atoms with van der Waals surface area (Å²) >= 11 is 0. The first-order valence-electron chi connectivity index (χ1n) is 8.21. The minimum Gasteiger partial charge on any atom is -0.306 e. The molecule has 112 valence electrons. The second kappa shape index (κ2) is 5.63. The van der Waals surface area contributed by atoms with Gasteiger partial charge in [-0.05, 0) is 71.6 Å². The molecule has 3 fully saturated rings. The molecular formula is C16H28N4. The highest BCUT2D eigenvalue weighted by atomic mass is 15.2. The monoisotopic (exact) mass is 276 g/mol. The summed E-state index contributed by atoms with van der Waals surface area (Å²) in [6.07, 6.45) is 7.45. The van der Waals surface area contributed by atoms with Gasteiger partial charge in [0.15, 0.2) is 0 Å². The van der Waals surface area contributed by atoms with Gasteiger partial charge in [-0.15, -0.1) is 0 Å². The molecule has 1 atom stereocenters. The van der Waals surface area contributed by atoms with Gasteiger partial charge in [-0.2, -0.15) is 5.26 Å². The zero-order chi connectivity index (χ0) is 14.2. The summed E-state index contributed by atoms with van der Waals surface area (Å²) in [6.45, 7) is 3.28. The Morgan fingerprint density at radius 2 is 1.85 bits per heavy atom. The van der Waals surface area contributed by atoms with E-state index >= 15 is 0 Å². The lowest BCUT2D eigenvalue weighted by Crippen LogP contribution is -2.57. The summed E-state index contributed by atoms with van der Waals surface area (Å²) in [5, 5.41) is 13.5. The van der Waals surface area contributed by atoms with E-state index in [4.69, 9.17) is 0 Å². The molecule has 2 saturated carbocycles.